The third-order valence-corrected chi connectivity index (χ3v) is 3.94. The summed E-state index contributed by atoms with van der Waals surface area (Å²) in [7, 11) is 0. The molecular formula is C20H27N. The second-order valence-electron chi connectivity index (χ2n) is 7.85. The van der Waals surface area contributed by atoms with Crippen LogP contribution in [0, 0.1) is 0 Å². The number of anilines is 1. The molecule has 0 aliphatic carbocycles. The highest BCUT2D eigenvalue weighted by Crippen LogP contribution is 2.39. The molecule has 0 bridgehead atoms. The number of rotatable bonds is 1. The Morgan fingerprint density at radius 1 is 0.762 bits per heavy atom. The van der Waals surface area contributed by atoms with E-state index < -0.39 is 0 Å². The third kappa shape index (κ3) is 3.29. The molecule has 112 valence electrons. The van der Waals surface area contributed by atoms with Crippen molar-refractivity contribution in [2.75, 3.05) is 5.73 Å². The number of hydrogen-bond donors (Lipinski definition) is 1. The zero-order valence-corrected chi connectivity index (χ0v) is 14.1. The van der Waals surface area contributed by atoms with Crippen molar-refractivity contribution in [3.8, 4) is 11.1 Å². The molecule has 21 heavy (non-hydrogen) atoms. The molecule has 1 heteroatoms. The molecule has 1 nitrogen and oxygen atoms in total. The summed E-state index contributed by atoms with van der Waals surface area (Å²) < 4.78 is 0. The van der Waals surface area contributed by atoms with E-state index in [1.807, 2.05) is 6.07 Å². The summed E-state index contributed by atoms with van der Waals surface area (Å²) in [5, 5.41) is 0. The molecule has 0 radical (unpaired) electrons. The van der Waals surface area contributed by atoms with Crippen molar-refractivity contribution in [1.29, 1.82) is 0 Å². The lowest BCUT2D eigenvalue weighted by atomic mass is 9.77. The molecule has 0 spiro atoms. The van der Waals surface area contributed by atoms with E-state index in [0.717, 1.165) is 11.3 Å². The largest absolute Gasteiger partial charge is 0.398 e. The molecule has 2 N–H and O–H groups in total. The van der Waals surface area contributed by atoms with Crippen LogP contribution in [0.3, 0.4) is 0 Å². The molecule has 2 aromatic carbocycles. The summed E-state index contributed by atoms with van der Waals surface area (Å²) in [6.45, 7) is 13.4. The van der Waals surface area contributed by atoms with Crippen LogP contribution in [0.15, 0.2) is 42.5 Å². The normalized spacial score (nSPS) is 12.5. The first kappa shape index (κ1) is 15.6. The van der Waals surface area contributed by atoms with Gasteiger partial charge in [-0.2, -0.15) is 0 Å². The lowest BCUT2D eigenvalue weighted by Crippen LogP contribution is -2.19. The highest BCUT2D eigenvalue weighted by atomic mass is 14.6. The van der Waals surface area contributed by atoms with Crippen molar-refractivity contribution >= 4 is 5.69 Å². The van der Waals surface area contributed by atoms with Crippen LogP contribution >= 0.6 is 0 Å². The van der Waals surface area contributed by atoms with Gasteiger partial charge in [-0.1, -0.05) is 77.9 Å². The maximum Gasteiger partial charge on any atom is 0.0431 e. The number of hydrogen-bond acceptors (Lipinski definition) is 1. The second kappa shape index (κ2) is 5.22. The van der Waals surface area contributed by atoms with Gasteiger partial charge in [0.2, 0.25) is 0 Å². The first-order valence-corrected chi connectivity index (χ1v) is 7.60. The Morgan fingerprint density at radius 2 is 1.33 bits per heavy atom. The van der Waals surface area contributed by atoms with Crippen LogP contribution in [0.4, 0.5) is 5.69 Å². The van der Waals surface area contributed by atoms with Gasteiger partial charge in [-0.25, -0.2) is 0 Å². The van der Waals surface area contributed by atoms with E-state index in [1.54, 1.807) is 0 Å². The van der Waals surface area contributed by atoms with Crippen LogP contribution in [0.1, 0.15) is 52.7 Å². The number of benzene rings is 2. The summed E-state index contributed by atoms with van der Waals surface area (Å²) in [4.78, 5) is 0. The van der Waals surface area contributed by atoms with Crippen molar-refractivity contribution in [2.45, 2.75) is 52.4 Å². The Bertz CT molecular complexity index is 625. The maximum absolute atomic E-state index is 6.51. The topological polar surface area (TPSA) is 26.0 Å². The predicted molar refractivity (Wildman–Crippen MR) is 93.7 cm³/mol. The SMILES string of the molecule is CC(C)(C)c1cc(-c2ccccc2)c(N)c(C(C)(C)C)c1. The van der Waals surface area contributed by atoms with Gasteiger partial charge in [-0.15, -0.1) is 0 Å². The quantitative estimate of drug-likeness (QED) is 0.683. The van der Waals surface area contributed by atoms with E-state index in [9.17, 15) is 0 Å². The van der Waals surface area contributed by atoms with Crippen molar-refractivity contribution in [1.82, 2.24) is 0 Å². The third-order valence-electron chi connectivity index (χ3n) is 3.94. The average molecular weight is 281 g/mol. The monoisotopic (exact) mass is 281 g/mol. The first-order chi connectivity index (χ1) is 9.60. The van der Waals surface area contributed by atoms with Crippen LogP contribution in [-0.4, -0.2) is 0 Å². The van der Waals surface area contributed by atoms with E-state index >= 15 is 0 Å². The summed E-state index contributed by atoms with van der Waals surface area (Å²) >= 11 is 0. The fraction of sp³-hybridized carbons (Fsp3) is 0.400. The Kier molecular flexibility index (Phi) is 3.88. The fourth-order valence-electron chi connectivity index (χ4n) is 2.56. The van der Waals surface area contributed by atoms with Crippen LogP contribution in [0.25, 0.3) is 11.1 Å². The Labute approximate surface area is 129 Å². The lowest BCUT2D eigenvalue weighted by Gasteiger charge is -2.28. The number of nitrogen functional groups attached to an aromatic ring is 1. The molecule has 0 aromatic heterocycles. The summed E-state index contributed by atoms with van der Waals surface area (Å²) in [5.41, 5.74) is 12.5. The van der Waals surface area contributed by atoms with Gasteiger partial charge in [0.05, 0.1) is 0 Å². The lowest BCUT2D eigenvalue weighted by molar-refractivity contribution is 0.570. The number of nitrogens with two attached hydrogens (primary N) is 1. The minimum atomic E-state index is 0.0366. The van der Waals surface area contributed by atoms with Gasteiger partial charge in [0.15, 0.2) is 0 Å². The van der Waals surface area contributed by atoms with E-state index in [0.29, 0.717) is 0 Å². The van der Waals surface area contributed by atoms with Gasteiger partial charge in [0, 0.05) is 11.3 Å². The zero-order chi connectivity index (χ0) is 15.8. The molecule has 0 saturated carbocycles. The molecule has 2 rings (SSSR count). The van der Waals surface area contributed by atoms with Gasteiger partial charge in [-0.3, -0.25) is 0 Å². The standard InChI is InChI=1S/C20H27N/c1-19(2,3)15-12-16(14-10-8-7-9-11-14)18(21)17(13-15)20(4,5)6/h7-13H,21H2,1-6H3. The van der Waals surface area contributed by atoms with Gasteiger partial charge in [0.1, 0.15) is 0 Å². The molecule has 0 unspecified atom stereocenters. The van der Waals surface area contributed by atoms with Crippen LogP contribution in [0.5, 0.6) is 0 Å². The highest BCUT2D eigenvalue weighted by molar-refractivity contribution is 5.80. The molecular weight excluding hydrogens is 254 g/mol. The Hall–Kier alpha value is -1.76. The van der Waals surface area contributed by atoms with Crippen molar-refractivity contribution in [2.24, 2.45) is 0 Å². The highest BCUT2D eigenvalue weighted by Gasteiger charge is 2.24. The molecule has 0 heterocycles. The average Bonchev–Trinajstić information content (AvgIpc) is 2.37. The predicted octanol–water partition coefficient (Wildman–Crippen LogP) is 5.53. The minimum absolute atomic E-state index is 0.0366. The smallest absolute Gasteiger partial charge is 0.0431 e. The molecule has 0 amide bonds. The maximum atomic E-state index is 6.51. The fourth-order valence-corrected chi connectivity index (χ4v) is 2.56. The van der Waals surface area contributed by atoms with Gasteiger partial charge in [-0.05, 0) is 33.6 Å². The van der Waals surface area contributed by atoms with Crippen molar-refractivity contribution in [3.63, 3.8) is 0 Å². The van der Waals surface area contributed by atoms with E-state index in [4.69, 9.17) is 5.73 Å². The summed E-state index contributed by atoms with van der Waals surface area (Å²) in [5.74, 6) is 0. The van der Waals surface area contributed by atoms with Gasteiger partial charge >= 0.3 is 0 Å². The zero-order valence-electron chi connectivity index (χ0n) is 14.1. The van der Waals surface area contributed by atoms with Crippen LogP contribution in [0.2, 0.25) is 0 Å². The molecule has 2 aromatic rings. The van der Waals surface area contributed by atoms with E-state index in [2.05, 4.69) is 77.9 Å². The first-order valence-electron chi connectivity index (χ1n) is 7.60. The molecule has 0 aliphatic heterocycles. The van der Waals surface area contributed by atoms with Crippen molar-refractivity contribution in [3.05, 3.63) is 53.6 Å². The van der Waals surface area contributed by atoms with E-state index in [1.165, 1.54) is 16.7 Å². The Balaban J connectivity index is 2.76. The van der Waals surface area contributed by atoms with Gasteiger partial charge in [0.25, 0.3) is 0 Å². The molecule has 0 atom stereocenters. The molecule has 0 aliphatic rings. The van der Waals surface area contributed by atoms with Crippen LogP contribution < -0.4 is 5.73 Å². The van der Waals surface area contributed by atoms with Gasteiger partial charge < -0.3 is 5.73 Å². The second-order valence-corrected chi connectivity index (χ2v) is 7.85. The van der Waals surface area contributed by atoms with Crippen LogP contribution in [-0.2, 0) is 10.8 Å². The minimum Gasteiger partial charge on any atom is -0.398 e. The molecule has 0 saturated heterocycles. The van der Waals surface area contributed by atoms with E-state index in [-0.39, 0.29) is 10.8 Å². The Morgan fingerprint density at radius 3 is 1.81 bits per heavy atom. The molecule has 0 fully saturated rings. The summed E-state index contributed by atoms with van der Waals surface area (Å²) in [6, 6.07) is 15.0. The van der Waals surface area contributed by atoms with Crippen molar-refractivity contribution < 1.29 is 0 Å². The summed E-state index contributed by atoms with van der Waals surface area (Å²) in [6.07, 6.45) is 0.